The molecule has 2 rings (SSSR count). The Bertz CT molecular complexity index is 307. The highest BCUT2D eigenvalue weighted by molar-refractivity contribution is 5.13. The largest absolute Gasteiger partial charge is 0.326 e. The van der Waals surface area contributed by atoms with Gasteiger partial charge in [0.15, 0.2) is 0 Å². The van der Waals surface area contributed by atoms with Crippen LogP contribution in [0.1, 0.15) is 24.6 Å². The minimum Gasteiger partial charge on any atom is -0.326 e. The Morgan fingerprint density at radius 2 is 2.40 bits per heavy atom. The highest BCUT2D eigenvalue weighted by atomic mass is 15.1. The van der Waals surface area contributed by atoms with Crippen molar-refractivity contribution in [1.82, 2.24) is 9.88 Å². The lowest BCUT2D eigenvalue weighted by Crippen LogP contribution is -2.20. The molecule has 1 fully saturated rings. The summed E-state index contributed by atoms with van der Waals surface area (Å²) in [5, 5.41) is 0. The van der Waals surface area contributed by atoms with Crippen molar-refractivity contribution in [3.05, 3.63) is 29.6 Å². The van der Waals surface area contributed by atoms with Gasteiger partial charge in [-0.15, -0.1) is 0 Å². The zero-order valence-electron chi connectivity index (χ0n) is 9.32. The third kappa shape index (κ3) is 2.76. The van der Waals surface area contributed by atoms with E-state index in [-0.39, 0.29) is 0 Å². The SMILES string of the molecule is CC1CCN(Cc2ccc(CN)cn2)C1. The lowest BCUT2D eigenvalue weighted by molar-refractivity contribution is 0.316. The summed E-state index contributed by atoms with van der Waals surface area (Å²) in [5.74, 6) is 0.841. The monoisotopic (exact) mass is 205 g/mol. The molecule has 15 heavy (non-hydrogen) atoms. The maximum absolute atomic E-state index is 5.53. The summed E-state index contributed by atoms with van der Waals surface area (Å²) < 4.78 is 0. The van der Waals surface area contributed by atoms with Gasteiger partial charge in [0.05, 0.1) is 5.69 Å². The molecule has 0 bridgehead atoms. The van der Waals surface area contributed by atoms with Gasteiger partial charge in [-0.2, -0.15) is 0 Å². The van der Waals surface area contributed by atoms with Crippen LogP contribution in [0.3, 0.4) is 0 Å². The maximum Gasteiger partial charge on any atom is 0.0544 e. The molecule has 82 valence electrons. The second-order valence-electron chi connectivity index (χ2n) is 4.49. The average Bonchev–Trinajstić information content (AvgIpc) is 2.65. The fraction of sp³-hybridized carbons (Fsp3) is 0.583. The second kappa shape index (κ2) is 4.73. The Balaban J connectivity index is 1.93. The van der Waals surface area contributed by atoms with E-state index >= 15 is 0 Å². The first-order valence-electron chi connectivity index (χ1n) is 5.64. The van der Waals surface area contributed by atoms with Crippen LogP contribution < -0.4 is 5.73 Å². The van der Waals surface area contributed by atoms with Gasteiger partial charge in [0.1, 0.15) is 0 Å². The van der Waals surface area contributed by atoms with E-state index in [2.05, 4.69) is 28.9 Å². The number of rotatable bonds is 3. The van der Waals surface area contributed by atoms with Crippen LogP contribution in [0.2, 0.25) is 0 Å². The van der Waals surface area contributed by atoms with Crippen molar-refractivity contribution in [1.29, 1.82) is 0 Å². The number of nitrogens with zero attached hydrogens (tertiary/aromatic N) is 2. The molecule has 0 aliphatic carbocycles. The molecule has 1 aromatic heterocycles. The van der Waals surface area contributed by atoms with Crippen LogP contribution in [-0.4, -0.2) is 23.0 Å². The van der Waals surface area contributed by atoms with Gasteiger partial charge in [0.2, 0.25) is 0 Å². The Labute approximate surface area is 91.3 Å². The zero-order valence-corrected chi connectivity index (χ0v) is 9.32. The normalized spacial score (nSPS) is 22.1. The third-order valence-electron chi connectivity index (χ3n) is 3.02. The lowest BCUT2D eigenvalue weighted by Gasteiger charge is -2.14. The minimum atomic E-state index is 0.577. The van der Waals surface area contributed by atoms with E-state index in [4.69, 9.17) is 5.73 Å². The quantitative estimate of drug-likeness (QED) is 0.810. The van der Waals surface area contributed by atoms with E-state index in [1.54, 1.807) is 0 Å². The van der Waals surface area contributed by atoms with Crippen molar-refractivity contribution in [2.24, 2.45) is 11.7 Å². The number of likely N-dealkylation sites (tertiary alicyclic amines) is 1. The van der Waals surface area contributed by atoms with Crippen molar-refractivity contribution < 1.29 is 0 Å². The highest BCUT2D eigenvalue weighted by Crippen LogP contribution is 2.16. The van der Waals surface area contributed by atoms with Crippen LogP contribution in [0.15, 0.2) is 18.3 Å². The number of pyridine rings is 1. The van der Waals surface area contributed by atoms with Crippen LogP contribution >= 0.6 is 0 Å². The van der Waals surface area contributed by atoms with Gasteiger partial charge in [0, 0.05) is 25.8 Å². The first-order valence-corrected chi connectivity index (χ1v) is 5.64. The summed E-state index contributed by atoms with van der Waals surface area (Å²) in [6.07, 6.45) is 3.20. The molecule has 0 aromatic carbocycles. The van der Waals surface area contributed by atoms with Crippen molar-refractivity contribution >= 4 is 0 Å². The minimum absolute atomic E-state index is 0.577. The first-order chi connectivity index (χ1) is 7.28. The third-order valence-corrected chi connectivity index (χ3v) is 3.02. The van der Waals surface area contributed by atoms with E-state index in [9.17, 15) is 0 Å². The summed E-state index contributed by atoms with van der Waals surface area (Å²) in [4.78, 5) is 6.88. The summed E-state index contributed by atoms with van der Waals surface area (Å²) >= 11 is 0. The van der Waals surface area contributed by atoms with Gasteiger partial charge in [-0.25, -0.2) is 0 Å². The van der Waals surface area contributed by atoms with Crippen molar-refractivity contribution in [2.45, 2.75) is 26.4 Å². The zero-order chi connectivity index (χ0) is 10.7. The van der Waals surface area contributed by atoms with Crippen molar-refractivity contribution in [3.63, 3.8) is 0 Å². The van der Waals surface area contributed by atoms with Crippen LogP contribution in [0.4, 0.5) is 0 Å². The van der Waals surface area contributed by atoms with Crippen molar-refractivity contribution in [2.75, 3.05) is 13.1 Å². The molecule has 1 aliphatic rings. The summed E-state index contributed by atoms with van der Waals surface area (Å²) in [6, 6.07) is 4.16. The van der Waals surface area contributed by atoms with Gasteiger partial charge in [0.25, 0.3) is 0 Å². The fourth-order valence-corrected chi connectivity index (χ4v) is 2.07. The first kappa shape index (κ1) is 10.6. The van der Waals surface area contributed by atoms with Crippen LogP contribution in [0.5, 0.6) is 0 Å². The number of nitrogens with two attached hydrogens (primary N) is 1. The second-order valence-corrected chi connectivity index (χ2v) is 4.49. The van der Waals surface area contributed by atoms with Gasteiger partial charge >= 0.3 is 0 Å². The molecule has 1 aliphatic heterocycles. The molecular weight excluding hydrogens is 186 g/mol. The number of aromatic nitrogens is 1. The molecule has 0 spiro atoms. The molecule has 3 heteroatoms. The van der Waals surface area contributed by atoms with E-state index in [0.717, 1.165) is 23.7 Å². The molecule has 2 heterocycles. The standard InChI is InChI=1S/C12H19N3/c1-10-4-5-15(8-10)9-12-3-2-11(6-13)7-14-12/h2-3,7,10H,4-6,8-9,13H2,1H3. The highest BCUT2D eigenvalue weighted by Gasteiger charge is 2.18. The molecule has 1 aromatic rings. The maximum atomic E-state index is 5.53. The molecule has 3 nitrogen and oxygen atoms in total. The van der Waals surface area contributed by atoms with E-state index in [0.29, 0.717) is 6.54 Å². The fourth-order valence-electron chi connectivity index (χ4n) is 2.07. The van der Waals surface area contributed by atoms with E-state index < -0.39 is 0 Å². The van der Waals surface area contributed by atoms with Crippen LogP contribution in [0.25, 0.3) is 0 Å². The topological polar surface area (TPSA) is 42.1 Å². The predicted molar refractivity (Wildman–Crippen MR) is 61.2 cm³/mol. The van der Waals surface area contributed by atoms with E-state index in [1.807, 2.05) is 6.20 Å². The van der Waals surface area contributed by atoms with Crippen LogP contribution in [-0.2, 0) is 13.1 Å². The Hall–Kier alpha value is -0.930. The predicted octanol–water partition coefficient (Wildman–Crippen LogP) is 1.38. The molecule has 0 amide bonds. The summed E-state index contributed by atoms with van der Waals surface area (Å²) in [6.45, 7) is 6.29. The Kier molecular flexibility index (Phi) is 3.34. The molecule has 0 saturated carbocycles. The van der Waals surface area contributed by atoms with Gasteiger partial charge in [-0.05, 0) is 30.5 Å². The molecule has 1 atom stereocenters. The molecule has 2 N–H and O–H groups in total. The number of hydrogen-bond donors (Lipinski definition) is 1. The lowest BCUT2D eigenvalue weighted by atomic mass is 10.2. The molecule has 1 unspecified atom stereocenters. The molecule has 1 saturated heterocycles. The number of hydrogen-bond acceptors (Lipinski definition) is 3. The van der Waals surface area contributed by atoms with Gasteiger partial charge in [-0.3, -0.25) is 9.88 Å². The van der Waals surface area contributed by atoms with Crippen molar-refractivity contribution in [3.8, 4) is 0 Å². The smallest absolute Gasteiger partial charge is 0.0544 e. The Morgan fingerprint density at radius 1 is 1.53 bits per heavy atom. The average molecular weight is 205 g/mol. The Morgan fingerprint density at radius 3 is 2.93 bits per heavy atom. The van der Waals surface area contributed by atoms with Gasteiger partial charge in [-0.1, -0.05) is 13.0 Å². The van der Waals surface area contributed by atoms with Crippen LogP contribution in [0, 0.1) is 5.92 Å². The molecule has 0 radical (unpaired) electrons. The van der Waals surface area contributed by atoms with E-state index in [1.165, 1.54) is 19.5 Å². The van der Waals surface area contributed by atoms with Gasteiger partial charge < -0.3 is 5.73 Å². The molecular formula is C12H19N3. The summed E-state index contributed by atoms with van der Waals surface area (Å²) in [5.41, 5.74) is 7.79. The summed E-state index contributed by atoms with van der Waals surface area (Å²) in [7, 11) is 0.